The minimum atomic E-state index is -0.885. The number of amides is 1. The van der Waals surface area contributed by atoms with Crippen LogP contribution < -0.4 is 5.32 Å². The van der Waals surface area contributed by atoms with Crippen LogP contribution in [-0.2, 0) is 6.42 Å². The second kappa shape index (κ2) is 10.4. The summed E-state index contributed by atoms with van der Waals surface area (Å²) in [4.78, 5) is 21.7. The van der Waals surface area contributed by atoms with Gasteiger partial charge in [-0.05, 0) is 29.8 Å². The van der Waals surface area contributed by atoms with Gasteiger partial charge in [-0.3, -0.25) is 14.8 Å². The molecule has 10 heteroatoms. The SMILES string of the molecule is C=C(O)[C@H](Cc1ccc(-c2c(Cl)cc(F)cc2Cl)c2nccnc12)NC(=O)c1c(Cl)cccc1Cl. The van der Waals surface area contributed by atoms with Gasteiger partial charge in [-0.15, -0.1) is 0 Å². The molecule has 178 valence electrons. The highest BCUT2D eigenvalue weighted by Gasteiger charge is 2.23. The Hall–Kier alpha value is -2.90. The van der Waals surface area contributed by atoms with Gasteiger partial charge in [-0.25, -0.2) is 4.39 Å². The van der Waals surface area contributed by atoms with E-state index in [4.69, 9.17) is 46.4 Å². The van der Waals surface area contributed by atoms with E-state index in [-0.39, 0.29) is 37.8 Å². The summed E-state index contributed by atoms with van der Waals surface area (Å²) in [7, 11) is 0. The van der Waals surface area contributed by atoms with Gasteiger partial charge >= 0.3 is 0 Å². The summed E-state index contributed by atoms with van der Waals surface area (Å²) in [6, 6.07) is 9.62. The van der Waals surface area contributed by atoms with E-state index in [1.807, 2.05) is 0 Å². The second-order valence-corrected chi connectivity index (χ2v) is 9.22. The number of nitrogens with one attached hydrogen (secondary N) is 1. The molecule has 0 saturated carbocycles. The van der Waals surface area contributed by atoms with E-state index in [0.29, 0.717) is 27.7 Å². The summed E-state index contributed by atoms with van der Waals surface area (Å²) in [6.45, 7) is 3.59. The Morgan fingerprint density at radius 3 is 2.17 bits per heavy atom. The molecule has 0 bridgehead atoms. The molecule has 1 aromatic heterocycles. The molecule has 3 aromatic carbocycles. The number of carbonyl (C=O) groups is 1. The number of carbonyl (C=O) groups excluding carboxylic acids is 1. The van der Waals surface area contributed by atoms with Crippen molar-refractivity contribution >= 4 is 63.3 Å². The third-order valence-corrected chi connectivity index (χ3v) is 6.53. The largest absolute Gasteiger partial charge is 0.511 e. The first kappa shape index (κ1) is 25.2. The fourth-order valence-electron chi connectivity index (χ4n) is 3.70. The van der Waals surface area contributed by atoms with Gasteiger partial charge in [-0.2, -0.15) is 0 Å². The number of rotatable bonds is 6. The first-order valence-corrected chi connectivity index (χ1v) is 11.7. The first-order valence-electron chi connectivity index (χ1n) is 10.2. The standard InChI is InChI=1S/C25H16Cl4FN3O2/c1-12(34)20(33-25(35)22-16(26)3-2-4-17(22)27)9-13-5-6-15(24-23(13)31-7-8-32-24)21-18(28)10-14(30)11-19(21)29/h2-8,10-11,20,34H,1,9H2,(H,33,35)/t20-/m0/s1. The number of hydrogen-bond donors (Lipinski definition) is 2. The number of aromatic nitrogens is 2. The number of benzene rings is 3. The molecule has 0 aliphatic heterocycles. The van der Waals surface area contributed by atoms with Gasteiger partial charge < -0.3 is 10.4 Å². The van der Waals surface area contributed by atoms with Gasteiger partial charge in [0, 0.05) is 29.9 Å². The van der Waals surface area contributed by atoms with E-state index in [1.165, 1.54) is 24.5 Å². The van der Waals surface area contributed by atoms with Crippen LogP contribution in [0.15, 0.2) is 67.2 Å². The van der Waals surface area contributed by atoms with Gasteiger partial charge in [0.25, 0.3) is 5.91 Å². The summed E-state index contributed by atoms with van der Waals surface area (Å²) in [6.07, 6.45) is 3.14. The van der Waals surface area contributed by atoms with Crippen molar-refractivity contribution in [2.24, 2.45) is 0 Å². The minimum Gasteiger partial charge on any atom is -0.511 e. The number of halogens is 5. The zero-order valence-electron chi connectivity index (χ0n) is 17.8. The normalized spacial score (nSPS) is 11.9. The monoisotopic (exact) mass is 549 g/mol. The van der Waals surface area contributed by atoms with Crippen molar-refractivity contribution < 1.29 is 14.3 Å². The van der Waals surface area contributed by atoms with Crippen LogP contribution in [0.25, 0.3) is 22.2 Å². The minimum absolute atomic E-state index is 0.0858. The Labute approximate surface area is 220 Å². The summed E-state index contributed by atoms with van der Waals surface area (Å²) in [5.74, 6) is -1.40. The summed E-state index contributed by atoms with van der Waals surface area (Å²) in [5, 5.41) is 13.5. The Kier molecular flexibility index (Phi) is 7.47. The van der Waals surface area contributed by atoms with E-state index in [2.05, 4.69) is 21.9 Å². The highest BCUT2D eigenvalue weighted by molar-refractivity contribution is 6.40. The van der Waals surface area contributed by atoms with Crippen molar-refractivity contribution in [2.75, 3.05) is 0 Å². The maximum atomic E-state index is 13.7. The zero-order chi connectivity index (χ0) is 25.3. The molecule has 0 spiro atoms. The molecule has 35 heavy (non-hydrogen) atoms. The summed E-state index contributed by atoms with van der Waals surface area (Å²) in [5.41, 5.74) is 2.65. The van der Waals surface area contributed by atoms with Crippen LogP contribution in [0, 0.1) is 5.82 Å². The number of fused-ring (bicyclic) bond motifs is 1. The number of aliphatic hydroxyl groups excluding tert-OH is 1. The molecule has 5 nitrogen and oxygen atoms in total. The van der Waals surface area contributed by atoms with Crippen LogP contribution in [0.5, 0.6) is 0 Å². The third kappa shape index (κ3) is 5.21. The predicted molar refractivity (Wildman–Crippen MR) is 138 cm³/mol. The zero-order valence-corrected chi connectivity index (χ0v) is 20.9. The van der Waals surface area contributed by atoms with Crippen LogP contribution in [0.2, 0.25) is 20.1 Å². The number of hydrogen-bond acceptors (Lipinski definition) is 4. The van der Waals surface area contributed by atoms with E-state index in [0.717, 1.165) is 0 Å². The highest BCUT2D eigenvalue weighted by Crippen LogP contribution is 2.39. The molecule has 4 aromatic rings. The molecule has 4 rings (SSSR count). The van der Waals surface area contributed by atoms with Gasteiger partial charge in [0.1, 0.15) is 11.6 Å². The van der Waals surface area contributed by atoms with Crippen LogP contribution >= 0.6 is 46.4 Å². The molecule has 1 amide bonds. The van der Waals surface area contributed by atoms with Crippen LogP contribution in [0.3, 0.4) is 0 Å². The smallest absolute Gasteiger partial charge is 0.254 e. The van der Waals surface area contributed by atoms with Crippen molar-refractivity contribution in [3.63, 3.8) is 0 Å². The van der Waals surface area contributed by atoms with Crippen molar-refractivity contribution in [1.29, 1.82) is 0 Å². The van der Waals surface area contributed by atoms with Gasteiger partial charge in [0.15, 0.2) is 0 Å². The molecule has 0 aliphatic carbocycles. The highest BCUT2D eigenvalue weighted by atomic mass is 35.5. The van der Waals surface area contributed by atoms with Crippen LogP contribution in [-0.4, -0.2) is 27.0 Å². The molecule has 1 atom stereocenters. The number of nitrogens with zero attached hydrogens (tertiary/aromatic N) is 2. The van der Waals surface area contributed by atoms with E-state index in [1.54, 1.807) is 30.3 Å². The van der Waals surface area contributed by atoms with Crippen molar-refractivity contribution in [3.8, 4) is 11.1 Å². The molecular weight excluding hydrogens is 535 g/mol. The molecule has 2 N–H and O–H groups in total. The molecule has 0 saturated heterocycles. The predicted octanol–water partition coefficient (Wildman–Crippen LogP) is 7.46. The van der Waals surface area contributed by atoms with Crippen LogP contribution in [0.1, 0.15) is 15.9 Å². The van der Waals surface area contributed by atoms with Gasteiger partial charge in [0.05, 0.1) is 42.7 Å². The molecule has 0 fully saturated rings. The second-order valence-electron chi connectivity index (χ2n) is 7.59. The van der Waals surface area contributed by atoms with Crippen molar-refractivity contribution in [2.45, 2.75) is 12.5 Å². The maximum absolute atomic E-state index is 13.7. The topological polar surface area (TPSA) is 75.1 Å². The average Bonchev–Trinajstić information content (AvgIpc) is 2.79. The van der Waals surface area contributed by atoms with E-state index < -0.39 is 17.8 Å². The van der Waals surface area contributed by atoms with Crippen molar-refractivity contribution in [1.82, 2.24) is 15.3 Å². The van der Waals surface area contributed by atoms with Crippen molar-refractivity contribution in [3.05, 3.63) is 104 Å². The third-order valence-electron chi connectivity index (χ3n) is 5.31. The lowest BCUT2D eigenvalue weighted by molar-refractivity contribution is 0.0934. The van der Waals surface area contributed by atoms with E-state index >= 15 is 0 Å². The molecule has 1 heterocycles. The van der Waals surface area contributed by atoms with Gasteiger partial charge in [-0.1, -0.05) is 71.2 Å². The fraction of sp³-hybridized carbons (Fsp3) is 0.0800. The van der Waals surface area contributed by atoms with E-state index in [9.17, 15) is 14.3 Å². The number of aliphatic hydroxyl groups is 1. The lowest BCUT2D eigenvalue weighted by Crippen LogP contribution is -2.38. The Morgan fingerprint density at radius 1 is 0.971 bits per heavy atom. The lowest BCUT2D eigenvalue weighted by Gasteiger charge is -2.20. The molecule has 0 aliphatic rings. The first-order chi connectivity index (χ1) is 16.7. The van der Waals surface area contributed by atoms with Crippen LogP contribution in [0.4, 0.5) is 4.39 Å². The maximum Gasteiger partial charge on any atom is 0.254 e. The Bertz CT molecular complexity index is 1440. The average molecular weight is 551 g/mol. The van der Waals surface area contributed by atoms with Gasteiger partial charge in [0.2, 0.25) is 0 Å². The summed E-state index contributed by atoms with van der Waals surface area (Å²) >= 11 is 24.9. The summed E-state index contributed by atoms with van der Waals surface area (Å²) < 4.78 is 13.7. The Balaban J connectivity index is 1.73. The fourth-order valence-corrected chi connectivity index (χ4v) is 4.93. The Morgan fingerprint density at radius 2 is 1.57 bits per heavy atom. The molecule has 0 unspecified atom stereocenters. The molecule has 0 radical (unpaired) electrons. The lowest BCUT2D eigenvalue weighted by atomic mass is 9.97. The quantitative estimate of drug-likeness (QED) is 0.244. The molecular formula is C25H16Cl4FN3O2.